The average molecular weight is 489 g/mol. The second kappa shape index (κ2) is 10.2. The molecule has 13 heteroatoms. The van der Waals surface area contributed by atoms with Gasteiger partial charge in [-0.2, -0.15) is 0 Å². The van der Waals surface area contributed by atoms with Gasteiger partial charge in [0.05, 0.1) is 15.4 Å². The van der Waals surface area contributed by atoms with E-state index in [0.29, 0.717) is 14.8 Å². The number of esters is 1. The van der Waals surface area contributed by atoms with Crippen LogP contribution in [-0.4, -0.2) is 33.3 Å². The number of benzene rings is 2. The summed E-state index contributed by atoms with van der Waals surface area (Å²) in [5, 5.41) is 26.5. The summed E-state index contributed by atoms with van der Waals surface area (Å²) in [6.45, 7) is 2.73. The summed E-state index contributed by atoms with van der Waals surface area (Å²) >= 11 is 2.48. The SMILES string of the molecule is Cc1ccc(NC(=O)COC(=O)c2cc([N+](=O)[O-])ccc2Sc2nc(C)cs2)c([N+](=O)[O-])c1. The Bertz CT molecular complexity index is 1260. The molecule has 3 rings (SSSR count). The predicted molar refractivity (Wildman–Crippen MR) is 121 cm³/mol. The number of nitrogens with one attached hydrogen (secondary N) is 1. The molecule has 33 heavy (non-hydrogen) atoms. The first-order valence-electron chi connectivity index (χ1n) is 9.24. The lowest BCUT2D eigenvalue weighted by Crippen LogP contribution is -2.21. The average Bonchev–Trinajstić information content (AvgIpc) is 3.17. The summed E-state index contributed by atoms with van der Waals surface area (Å²) in [6.07, 6.45) is 0. The standard InChI is InChI=1S/C20H16N4O7S2/c1-11-3-5-15(16(7-11)24(29)30)22-18(25)9-31-19(26)14-8-13(23(27)28)4-6-17(14)33-20-21-12(2)10-32-20/h3-8,10H,9H2,1-2H3,(H,22,25). The molecule has 1 amide bonds. The van der Waals surface area contributed by atoms with Crippen molar-refractivity contribution >= 4 is 52.0 Å². The highest BCUT2D eigenvalue weighted by Gasteiger charge is 2.22. The van der Waals surface area contributed by atoms with Gasteiger partial charge in [0.15, 0.2) is 10.9 Å². The zero-order valence-corrected chi connectivity index (χ0v) is 18.9. The maximum absolute atomic E-state index is 12.6. The minimum Gasteiger partial charge on any atom is -0.452 e. The number of non-ortho nitro benzene ring substituents is 1. The highest BCUT2D eigenvalue weighted by Crippen LogP contribution is 2.34. The van der Waals surface area contributed by atoms with E-state index in [-0.39, 0.29) is 22.6 Å². The Morgan fingerprint density at radius 3 is 2.52 bits per heavy atom. The lowest BCUT2D eigenvalue weighted by Gasteiger charge is -2.10. The van der Waals surface area contributed by atoms with Crippen molar-refractivity contribution in [1.29, 1.82) is 0 Å². The third-order valence-corrected chi connectivity index (χ3v) is 6.28. The molecule has 0 bridgehead atoms. The van der Waals surface area contributed by atoms with Gasteiger partial charge in [-0.25, -0.2) is 9.78 Å². The van der Waals surface area contributed by atoms with Gasteiger partial charge in [0, 0.05) is 34.2 Å². The Morgan fingerprint density at radius 2 is 1.88 bits per heavy atom. The third-order valence-electron chi connectivity index (χ3n) is 4.15. The Kier molecular flexibility index (Phi) is 7.35. The minimum absolute atomic E-state index is 0.0441. The molecule has 0 atom stereocenters. The van der Waals surface area contributed by atoms with E-state index in [1.54, 1.807) is 13.0 Å². The molecule has 1 heterocycles. The van der Waals surface area contributed by atoms with Gasteiger partial charge in [-0.15, -0.1) is 11.3 Å². The molecule has 0 saturated heterocycles. The van der Waals surface area contributed by atoms with Crippen LogP contribution in [0.2, 0.25) is 0 Å². The number of nitro benzene ring substituents is 2. The molecule has 0 fully saturated rings. The molecule has 170 valence electrons. The summed E-state index contributed by atoms with van der Waals surface area (Å²) in [5.74, 6) is -1.76. The number of carbonyl (C=O) groups is 2. The number of hydrogen-bond donors (Lipinski definition) is 1. The lowest BCUT2D eigenvalue weighted by molar-refractivity contribution is -0.385. The van der Waals surface area contributed by atoms with Crippen LogP contribution in [0.1, 0.15) is 21.6 Å². The summed E-state index contributed by atoms with van der Waals surface area (Å²) in [6, 6.07) is 7.98. The van der Waals surface area contributed by atoms with Gasteiger partial charge < -0.3 is 10.1 Å². The van der Waals surface area contributed by atoms with E-state index in [0.717, 1.165) is 23.5 Å². The van der Waals surface area contributed by atoms with Gasteiger partial charge >= 0.3 is 5.97 Å². The summed E-state index contributed by atoms with van der Waals surface area (Å²) in [5.41, 5.74) is 0.661. The highest BCUT2D eigenvalue weighted by molar-refractivity contribution is 8.01. The molecule has 0 unspecified atom stereocenters. The van der Waals surface area contributed by atoms with Crippen LogP contribution < -0.4 is 5.32 Å². The number of ether oxygens (including phenoxy) is 1. The van der Waals surface area contributed by atoms with E-state index in [1.807, 2.05) is 12.3 Å². The van der Waals surface area contributed by atoms with Crippen molar-refractivity contribution in [3.05, 3.63) is 78.8 Å². The first-order chi connectivity index (χ1) is 15.6. The van der Waals surface area contributed by atoms with Crippen molar-refractivity contribution < 1.29 is 24.2 Å². The van der Waals surface area contributed by atoms with Gasteiger partial charge in [0.1, 0.15) is 5.69 Å². The van der Waals surface area contributed by atoms with Crippen LogP contribution in [0.4, 0.5) is 17.1 Å². The molecule has 0 aliphatic heterocycles. The van der Waals surface area contributed by atoms with E-state index in [1.165, 1.54) is 35.6 Å². The number of carbonyl (C=O) groups excluding carboxylic acids is 2. The van der Waals surface area contributed by atoms with E-state index < -0.39 is 28.3 Å². The topological polar surface area (TPSA) is 155 Å². The molecule has 3 aromatic rings. The van der Waals surface area contributed by atoms with Crippen LogP contribution in [0, 0.1) is 34.1 Å². The number of aryl methyl sites for hydroxylation is 2. The highest BCUT2D eigenvalue weighted by atomic mass is 32.2. The van der Waals surface area contributed by atoms with Crippen molar-refractivity contribution in [2.75, 3.05) is 11.9 Å². The molecule has 1 N–H and O–H groups in total. The van der Waals surface area contributed by atoms with Crippen molar-refractivity contribution in [2.24, 2.45) is 0 Å². The van der Waals surface area contributed by atoms with E-state index in [9.17, 15) is 29.8 Å². The first kappa shape index (κ1) is 23.8. The van der Waals surface area contributed by atoms with Gasteiger partial charge in [-0.05, 0) is 31.5 Å². The number of anilines is 1. The molecule has 0 saturated carbocycles. The summed E-state index contributed by atoms with van der Waals surface area (Å²) < 4.78 is 5.66. The second-order valence-electron chi connectivity index (χ2n) is 6.70. The Hall–Kier alpha value is -3.84. The monoisotopic (exact) mass is 488 g/mol. The molecule has 0 spiro atoms. The lowest BCUT2D eigenvalue weighted by atomic mass is 10.2. The number of nitrogens with zero attached hydrogens (tertiary/aromatic N) is 3. The number of rotatable bonds is 8. The van der Waals surface area contributed by atoms with E-state index >= 15 is 0 Å². The van der Waals surface area contributed by atoms with Gasteiger partial charge in [0.2, 0.25) is 0 Å². The van der Waals surface area contributed by atoms with Crippen LogP contribution in [0.25, 0.3) is 0 Å². The molecular weight excluding hydrogens is 472 g/mol. The zero-order valence-electron chi connectivity index (χ0n) is 17.3. The fourth-order valence-electron chi connectivity index (χ4n) is 2.65. The smallest absolute Gasteiger partial charge is 0.340 e. The van der Waals surface area contributed by atoms with Crippen molar-refractivity contribution in [1.82, 2.24) is 4.98 Å². The minimum atomic E-state index is -0.956. The Balaban J connectivity index is 1.75. The molecule has 0 radical (unpaired) electrons. The van der Waals surface area contributed by atoms with Crippen LogP contribution in [0.15, 0.2) is 51.0 Å². The molecule has 11 nitrogen and oxygen atoms in total. The fourth-order valence-corrected chi connectivity index (χ4v) is 4.54. The van der Waals surface area contributed by atoms with E-state index in [2.05, 4.69) is 10.3 Å². The number of amides is 1. The Morgan fingerprint density at radius 1 is 1.12 bits per heavy atom. The van der Waals surface area contributed by atoms with Crippen molar-refractivity contribution in [3.8, 4) is 0 Å². The Labute approximate surface area is 195 Å². The van der Waals surface area contributed by atoms with Crippen LogP contribution >= 0.6 is 23.1 Å². The predicted octanol–water partition coefficient (Wildman–Crippen LogP) is 4.52. The maximum atomic E-state index is 12.6. The maximum Gasteiger partial charge on any atom is 0.340 e. The fraction of sp³-hybridized carbons (Fsp3) is 0.150. The second-order valence-corrected chi connectivity index (χ2v) is 8.84. The van der Waals surface area contributed by atoms with Crippen molar-refractivity contribution in [2.45, 2.75) is 23.1 Å². The zero-order chi connectivity index (χ0) is 24.1. The molecule has 1 aromatic heterocycles. The quantitative estimate of drug-likeness (QED) is 0.274. The van der Waals surface area contributed by atoms with Gasteiger partial charge in [-0.3, -0.25) is 25.0 Å². The van der Waals surface area contributed by atoms with Crippen LogP contribution in [-0.2, 0) is 9.53 Å². The molecule has 0 aliphatic carbocycles. The van der Waals surface area contributed by atoms with Crippen LogP contribution in [0.3, 0.4) is 0 Å². The first-order valence-corrected chi connectivity index (χ1v) is 10.9. The largest absolute Gasteiger partial charge is 0.452 e. The number of aromatic nitrogens is 1. The van der Waals surface area contributed by atoms with Crippen LogP contribution in [0.5, 0.6) is 0 Å². The van der Waals surface area contributed by atoms with Gasteiger partial charge in [0.25, 0.3) is 17.3 Å². The normalized spacial score (nSPS) is 10.5. The molecule has 2 aromatic carbocycles. The van der Waals surface area contributed by atoms with E-state index in [4.69, 9.17) is 4.74 Å². The van der Waals surface area contributed by atoms with Gasteiger partial charge in [-0.1, -0.05) is 17.8 Å². The number of hydrogen-bond acceptors (Lipinski definition) is 10. The number of nitro groups is 2. The molecular formula is C20H16N4O7S2. The third kappa shape index (κ3) is 6.11. The summed E-state index contributed by atoms with van der Waals surface area (Å²) in [4.78, 5) is 50.6. The summed E-state index contributed by atoms with van der Waals surface area (Å²) in [7, 11) is 0. The molecule has 0 aliphatic rings. The number of thiazole rings is 1. The van der Waals surface area contributed by atoms with Crippen molar-refractivity contribution in [3.63, 3.8) is 0 Å².